The van der Waals surface area contributed by atoms with Gasteiger partial charge in [-0.05, 0) is 44.7 Å². The summed E-state index contributed by atoms with van der Waals surface area (Å²) in [6.45, 7) is 8.39. The Morgan fingerprint density at radius 1 is 1.15 bits per heavy atom. The molecular formula is C22H28N2OS. The van der Waals surface area contributed by atoms with Crippen molar-refractivity contribution in [2.24, 2.45) is 4.99 Å². The Bertz CT molecular complexity index is 835. The molecule has 3 nitrogen and oxygen atoms in total. The molecule has 0 radical (unpaired) electrons. The predicted octanol–water partition coefficient (Wildman–Crippen LogP) is 5.67. The summed E-state index contributed by atoms with van der Waals surface area (Å²) >= 11 is 1.73. The summed E-state index contributed by atoms with van der Waals surface area (Å²) in [4.78, 5) is 18.6. The molecule has 2 aromatic rings. The molecule has 138 valence electrons. The zero-order valence-electron chi connectivity index (χ0n) is 16.2. The number of hydrogen-bond acceptors (Lipinski definition) is 3. The van der Waals surface area contributed by atoms with Gasteiger partial charge in [-0.15, -0.1) is 11.3 Å². The molecule has 0 saturated carbocycles. The molecular weight excluding hydrogens is 340 g/mol. The van der Waals surface area contributed by atoms with Crippen LogP contribution in [-0.4, -0.2) is 17.7 Å². The van der Waals surface area contributed by atoms with Crippen LogP contribution in [0.3, 0.4) is 0 Å². The standard InChI is InChI=1S/C22H28N2OS/c1-5-6-7-8-13-18-15(3)19-20(17-12-10-9-11-14(17)2)23-16(4)21(25)24-22(19)26-18/h9-12,16H,5-8,13H2,1-4H3,(H,24,25). The van der Waals surface area contributed by atoms with Gasteiger partial charge in [-0.3, -0.25) is 9.79 Å². The second kappa shape index (κ2) is 8.17. The van der Waals surface area contributed by atoms with E-state index in [2.05, 4.69) is 38.2 Å². The molecule has 1 aliphatic rings. The average Bonchev–Trinajstić information content (AvgIpc) is 2.85. The van der Waals surface area contributed by atoms with Crippen molar-refractivity contribution in [1.82, 2.24) is 0 Å². The highest BCUT2D eigenvalue weighted by Gasteiger charge is 2.28. The number of benzene rings is 1. The molecule has 0 bridgehead atoms. The Morgan fingerprint density at radius 2 is 1.92 bits per heavy atom. The molecule has 0 aliphatic carbocycles. The van der Waals surface area contributed by atoms with Crippen LogP contribution >= 0.6 is 11.3 Å². The van der Waals surface area contributed by atoms with Crippen molar-refractivity contribution in [3.63, 3.8) is 0 Å². The lowest BCUT2D eigenvalue weighted by atomic mass is 9.95. The maximum absolute atomic E-state index is 12.4. The van der Waals surface area contributed by atoms with Gasteiger partial charge in [0.05, 0.1) is 5.71 Å². The van der Waals surface area contributed by atoms with Gasteiger partial charge in [0.25, 0.3) is 0 Å². The van der Waals surface area contributed by atoms with Gasteiger partial charge in [0.1, 0.15) is 11.0 Å². The van der Waals surface area contributed by atoms with Gasteiger partial charge in [0.2, 0.25) is 5.91 Å². The van der Waals surface area contributed by atoms with Gasteiger partial charge >= 0.3 is 0 Å². The predicted molar refractivity (Wildman–Crippen MR) is 112 cm³/mol. The normalized spacial score (nSPS) is 16.7. The van der Waals surface area contributed by atoms with Crippen molar-refractivity contribution in [3.05, 3.63) is 51.4 Å². The van der Waals surface area contributed by atoms with E-state index in [0.29, 0.717) is 0 Å². The Balaban J connectivity index is 2.04. The van der Waals surface area contributed by atoms with Gasteiger partial charge in [-0.2, -0.15) is 0 Å². The molecule has 1 aliphatic heterocycles. The van der Waals surface area contributed by atoms with Crippen LogP contribution < -0.4 is 5.32 Å². The minimum Gasteiger partial charge on any atom is -0.315 e. The third-order valence-corrected chi connectivity index (χ3v) is 6.35. The van der Waals surface area contributed by atoms with Crippen LogP contribution in [0.2, 0.25) is 0 Å². The Hall–Kier alpha value is -1.94. The summed E-state index contributed by atoms with van der Waals surface area (Å²) in [5.41, 5.74) is 5.66. The van der Waals surface area contributed by atoms with Gasteiger partial charge < -0.3 is 5.32 Å². The lowest BCUT2D eigenvalue weighted by Crippen LogP contribution is -2.22. The van der Waals surface area contributed by atoms with Crippen molar-refractivity contribution < 1.29 is 4.79 Å². The van der Waals surface area contributed by atoms with Crippen LogP contribution in [0, 0.1) is 13.8 Å². The molecule has 1 unspecified atom stereocenters. The summed E-state index contributed by atoms with van der Waals surface area (Å²) in [6.07, 6.45) is 6.08. The molecule has 0 fully saturated rings. The minimum atomic E-state index is -0.378. The van der Waals surface area contributed by atoms with Crippen molar-refractivity contribution in [3.8, 4) is 0 Å². The average molecular weight is 369 g/mol. The second-order valence-electron chi connectivity index (χ2n) is 7.12. The summed E-state index contributed by atoms with van der Waals surface area (Å²) in [7, 11) is 0. The molecule has 26 heavy (non-hydrogen) atoms. The first-order chi connectivity index (χ1) is 12.5. The van der Waals surface area contributed by atoms with Crippen LogP contribution in [0.5, 0.6) is 0 Å². The molecule has 1 amide bonds. The van der Waals surface area contributed by atoms with Crippen LogP contribution in [0.15, 0.2) is 29.3 Å². The number of amides is 1. The SMILES string of the molecule is CCCCCCc1sc2c(c1C)C(c1ccccc1C)=NC(C)C(=O)N2. The van der Waals surface area contributed by atoms with E-state index in [4.69, 9.17) is 4.99 Å². The monoisotopic (exact) mass is 368 g/mol. The van der Waals surface area contributed by atoms with Crippen LogP contribution in [0.25, 0.3) is 0 Å². The van der Waals surface area contributed by atoms with Crippen LogP contribution in [-0.2, 0) is 11.2 Å². The number of aryl methyl sites for hydroxylation is 2. The van der Waals surface area contributed by atoms with E-state index in [-0.39, 0.29) is 11.9 Å². The summed E-state index contributed by atoms with van der Waals surface area (Å²) < 4.78 is 0. The Labute approximate surface area is 160 Å². The quantitative estimate of drug-likeness (QED) is 0.656. The van der Waals surface area contributed by atoms with Crippen LogP contribution in [0.1, 0.15) is 66.7 Å². The highest BCUT2D eigenvalue weighted by molar-refractivity contribution is 7.17. The summed E-state index contributed by atoms with van der Waals surface area (Å²) in [5, 5.41) is 4.08. The van der Waals surface area contributed by atoms with Gasteiger partial charge in [0, 0.05) is 16.0 Å². The number of nitrogens with one attached hydrogen (secondary N) is 1. The highest BCUT2D eigenvalue weighted by Crippen LogP contribution is 2.38. The zero-order chi connectivity index (χ0) is 18.7. The van der Waals surface area contributed by atoms with E-state index in [0.717, 1.165) is 28.3 Å². The van der Waals surface area contributed by atoms with Gasteiger partial charge in [0.15, 0.2) is 0 Å². The maximum Gasteiger partial charge on any atom is 0.249 e. The fraction of sp³-hybridized carbons (Fsp3) is 0.455. The van der Waals surface area contributed by atoms with E-state index in [9.17, 15) is 4.79 Å². The third-order valence-electron chi connectivity index (χ3n) is 5.08. The number of unbranched alkanes of at least 4 members (excludes halogenated alkanes) is 3. The molecule has 2 heterocycles. The van der Waals surface area contributed by atoms with E-state index >= 15 is 0 Å². The Kier molecular flexibility index (Phi) is 5.92. The summed E-state index contributed by atoms with van der Waals surface area (Å²) in [6, 6.07) is 7.93. The van der Waals surface area contributed by atoms with Crippen molar-refractivity contribution in [1.29, 1.82) is 0 Å². The molecule has 4 heteroatoms. The minimum absolute atomic E-state index is 0.0198. The third kappa shape index (κ3) is 3.75. The number of nitrogens with zero attached hydrogens (tertiary/aromatic N) is 1. The lowest BCUT2D eigenvalue weighted by Gasteiger charge is -2.11. The first-order valence-corrected chi connectivity index (χ1v) is 10.4. The van der Waals surface area contributed by atoms with E-state index in [1.807, 2.05) is 19.1 Å². The molecule has 1 atom stereocenters. The molecule has 1 aromatic heterocycles. The van der Waals surface area contributed by atoms with E-state index in [1.54, 1.807) is 11.3 Å². The first kappa shape index (κ1) is 18.8. The number of carbonyl (C=O) groups is 1. The number of aliphatic imine (C=N–C) groups is 1. The fourth-order valence-corrected chi connectivity index (χ4v) is 4.71. The highest BCUT2D eigenvalue weighted by atomic mass is 32.1. The van der Waals surface area contributed by atoms with Crippen molar-refractivity contribution in [2.45, 2.75) is 65.8 Å². The van der Waals surface area contributed by atoms with Gasteiger partial charge in [-0.1, -0.05) is 50.5 Å². The topological polar surface area (TPSA) is 41.5 Å². The first-order valence-electron chi connectivity index (χ1n) is 9.60. The number of thiophene rings is 1. The largest absolute Gasteiger partial charge is 0.315 e. The Morgan fingerprint density at radius 3 is 2.65 bits per heavy atom. The van der Waals surface area contributed by atoms with Crippen molar-refractivity contribution >= 4 is 28.0 Å². The number of hydrogen-bond donors (Lipinski definition) is 1. The smallest absolute Gasteiger partial charge is 0.249 e. The van der Waals surface area contributed by atoms with E-state index in [1.165, 1.54) is 41.7 Å². The number of anilines is 1. The van der Waals surface area contributed by atoms with E-state index < -0.39 is 0 Å². The second-order valence-corrected chi connectivity index (χ2v) is 8.23. The number of fused-ring (bicyclic) bond motifs is 1. The maximum atomic E-state index is 12.4. The number of rotatable bonds is 6. The number of carbonyl (C=O) groups excluding carboxylic acids is 1. The van der Waals surface area contributed by atoms with Crippen molar-refractivity contribution in [2.75, 3.05) is 5.32 Å². The molecule has 3 rings (SSSR count). The lowest BCUT2D eigenvalue weighted by molar-refractivity contribution is -0.116. The molecule has 0 saturated heterocycles. The fourth-order valence-electron chi connectivity index (χ4n) is 3.46. The van der Waals surface area contributed by atoms with Gasteiger partial charge in [-0.25, -0.2) is 0 Å². The summed E-state index contributed by atoms with van der Waals surface area (Å²) in [5.74, 6) is -0.0198. The molecule has 1 N–H and O–H groups in total. The van der Waals surface area contributed by atoms with Crippen LogP contribution in [0.4, 0.5) is 5.00 Å². The zero-order valence-corrected chi connectivity index (χ0v) is 17.0. The molecule has 1 aromatic carbocycles. The molecule has 0 spiro atoms.